The average Bonchev–Trinajstić information content (AvgIpc) is 2.98. The fourth-order valence-corrected chi connectivity index (χ4v) is 3.01. The summed E-state index contributed by atoms with van der Waals surface area (Å²) in [5.74, 6) is 0.160. The summed E-state index contributed by atoms with van der Waals surface area (Å²) in [6.07, 6.45) is 4.57. The number of hydrogen-bond donors (Lipinski definition) is 1. The molecule has 2 rings (SSSR count). The van der Waals surface area contributed by atoms with Crippen LogP contribution in [0.4, 0.5) is 0 Å². The molecule has 116 valence electrons. The monoisotopic (exact) mass is 352 g/mol. The highest BCUT2D eigenvalue weighted by atomic mass is 79.9. The Bertz CT molecular complexity index is 484. The van der Waals surface area contributed by atoms with Crippen LogP contribution in [0.25, 0.3) is 0 Å². The number of halogens is 1. The van der Waals surface area contributed by atoms with Gasteiger partial charge in [-0.3, -0.25) is 4.79 Å². The third-order valence-corrected chi connectivity index (χ3v) is 4.97. The zero-order valence-electron chi connectivity index (χ0n) is 13.0. The Labute approximate surface area is 136 Å². The Morgan fingerprint density at radius 3 is 2.90 bits per heavy atom. The van der Waals surface area contributed by atoms with Crippen LogP contribution in [0.5, 0.6) is 0 Å². The van der Waals surface area contributed by atoms with Crippen molar-refractivity contribution < 1.29 is 4.79 Å². The van der Waals surface area contributed by atoms with Crippen LogP contribution in [0.1, 0.15) is 48.5 Å². The smallest absolute Gasteiger partial charge is 0.253 e. The topological polar surface area (TPSA) is 32.3 Å². The maximum Gasteiger partial charge on any atom is 0.253 e. The van der Waals surface area contributed by atoms with Crippen LogP contribution >= 0.6 is 15.9 Å². The molecule has 0 aliphatic carbocycles. The fraction of sp³-hybridized carbons (Fsp3) is 0.588. The summed E-state index contributed by atoms with van der Waals surface area (Å²) in [5, 5.41) is 3.49. The third-order valence-electron chi connectivity index (χ3n) is 4.08. The van der Waals surface area contributed by atoms with E-state index in [9.17, 15) is 4.79 Å². The van der Waals surface area contributed by atoms with Gasteiger partial charge < -0.3 is 10.2 Å². The Morgan fingerprint density at radius 1 is 1.48 bits per heavy atom. The van der Waals surface area contributed by atoms with Gasteiger partial charge in [-0.1, -0.05) is 29.3 Å². The lowest BCUT2D eigenvalue weighted by molar-refractivity contribution is 0.0739. The molecule has 1 aromatic carbocycles. The van der Waals surface area contributed by atoms with E-state index >= 15 is 0 Å². The second-order valence-electron chi connectivity index (χ2n) is 5.86. The number of nitrogens with zero attached hydrogens (tertiary/aromatic N) is 1. The van der Waals surface area contributed by atoms with Crippen molar-refractivity contribution in [3.8, 4) is 0 Å². The van der Waals surface area contributed by atoms with Crippen LogP contribution in [0, 0.1) is 6.92 Å². The first kappa shape index (κ1) is 16.5. The number of amides is 1. The second kappa shape index (κ2) is 7.95. The normalized spacial score (nSPS) is 18.0. The summed E-state index contributed by atoms with van der Waals surface area (Å²) >= 11 is 3.49. The molecule has 1 aliphatic rings. The number of hydrogen-bond acceptors (Lipinski definition) is 2. The molecule has 0 spiro atoms. The van der Waals surface area contributed by atoms with Gasteiger partial charge in [-0.05, 0) is 56.5 Å². The van der Waals surface area contributed by atoms with Crippen molar-refractivity contribution in [3.05, 3.63) is 33.8 Å². The van der Waals surface area contributed by atoms with Crippen molar-refractivity contribution >= 4 is 21.8 Å². The number of rotatable bonds is 6. The minimum atomic E-state index is 0.160. The van der Waals surface area contributed by atoms with Gasteiger partial charge in [-0.2, -0.15) is 0 Å². The Morgan fingerprint density at radius 2 is 2.29 bits per heavy atom. The zero-order chi connectivity index (χ0) is 15.2. The minimum Gasteiger partial charge on any atom is -0.337 e. The Hall–Kier alpha value is -0.870. The highest BCUT2D eigenvalue weighted by Gasteiger charge is 2.22. The van der Waals surface area contributed by atoms with Gasteiger partial charge in [0.1, 0.15) is 0 Å². The molecule has 3 nitrogen and oxygen atoms in total. The summed E-state index contributed by atoms with van der Waals surface area (Å²) in [6, 6.07) is 6.32. The molecule has 1 atom stereocenters. The number of unbranched alkanes of at least 4 members (excludes halogenated alkanes) is 1. The lowest BCUT2D eigenvalue weighted by Crippen LogP contribution is -2.41. The molecule has 1 N–H and O–H groups in total. The van der Waals surface area contributed by atoms with Crippen LogP contribution in [0.2, 0.25) is 0 Å². The van der Waals surface area contributed by atoms with Crippen molar-refractivity contribution in [2.75, 3.05) is 19.6 Å². The van der Waals surface area contributed by atoms with Gasteiger partial charge in [0, 0.05) is 29.2 Å². The van der Waals surface area contributed by atoms with E-state index in [-0.39, 0.29) is 5.91 Å². The van der Waals surface area contributed by atoms with E-state index in [2.05, 4.69) is 28.2 Å². The van der Waals surface area contributed by atoms with Crippen LogP contribution in [-0.2, 0) is 0 Å². The largest absolute Gasteiger partial charge is 0.337 e. The van der Waals surface area contributed by atoms with Gasteiger partial charge in [0.05, 0.1) is 0 Å². The van der Waals surface area contributed by atoms with Crippen LogP contribution in [-0.4, -0.2) is 36.5 Å². The van der Waals surface area contributed by atoms with Crippen molar-refractivity contribution in [2.24, 2.45) is 0 Å². The first-order valence-electron chi connectivity index (χ1n) is 7.90. The van der Waals surface area contributed by atoms with E-state index in [1.807, 2.05) is 30.0 Å². The summed E-state index contributed by atoms with van der Waals surface area (Å²) in [7, 11) is 0. The first-order chi connectivity index (χ1) is 10.1. The molecule has 0 radical (unpaired) electrons. The van der Waals surface area contributed by atoms with E-state index in [0.29, 0.717) is 6.04 Å². The predicted molar refractivity (Wildman–Crippen MR) is 90.7 cm³/mol. The maximum absolute atomic E-state index is 12.8. The summed E-state index contributed by atoms with van der Waals surface area (Å²) < 4.78 is 1.05. The van der Waals surface area contributed by atoms with E-state index < -0.39 is 0 Å². The SMILES string of the molecule is CCCCN(CC1CCCN1)C(=O)c1ccc(Br)c(C)c1. The van der Waals surface area contributed by atoms with E-state index in [4.69, 9.17) is 0 Å². The van der Waals surface area contributed by atoms with Gasteiger partial charge >= 0.3 is 0 Å². The second-order valence-corrected chi connectivity index (χ2v) is 6.72. The van der Waals surface area contributed by atoms with Crippen molar-refractivity contribution in [1.29, 1.82) is 0 Å². The molecule has 1 aromatic rings. The molecule has 1 saturated heterocycles. The fourth-order valence-electron chi connectivity index (χ4n) is 2.76. The molecule has 0 saturated carbocycles. The summed E-state index contributed by atoms with van der Waals surface area (Å²) in [6.45, 7) is 6.95. The number of nitrogens with one attached hydrogen (secondary N) is 1. The van der Waals surface area contributed by atoms with Crippen LogP contribution < -0.4 is 5.32 Å². The molecule has 21 heavy (non-hydrogen) atoms. The number of aryl methyl sites for hydroxylation is 1. The van der Waals surface area contributed by atoms with Crippen molar-refractivity contribution in [2.45, 2.75) is 45.6 Å². The third kappa shape index (κ3) is 4.55. The highest BCUT2D eigenvalue weighted by Crippen LogP contribution is 2.19. The standard InChI is InChI=1S/C17H25BrN2O/c1-3-4-10-20(12-15-6-5-9-19-15)17(21)14-7-8-16(18)13(2)11-14/h7-8,11,15,19H,3-6,9-10,12H2,1-2H3. The number of carbonyl (C=O) groups is 1. The highest BCUT2D eigenvalue weighted by molar-refractivity contribution is 9.10. The molecule has 1 aliphatic heterocycles. The lowest BCUT2D eigenvalue weighted by atomic mass is 10.1. The molecule has 1 unspecified atom stereocenters. The summed E-state index contributed by atoms with van der Waals surface area (Å²) in [5.41, 5.74) is 1.90. The van der Waals surface area contributed by atoms with Crippen molar-refractivity contribution in [3.63, 3.8) is 0 Å². The molecule has 1 heterocycles. The van der Waals surface area contributed by atoms with E-state index in [1.54, 1.807) is 0 Å². The summed E-state index contributed by atoms with van der Waals surface area (Å²) in [4.78, 5) is 14.8. The number of benzene rings is 1. The predicted octanol–water partition coefficient (Wildman–Crippen LogP) is 3.75. The van der Waals surface area contributed by atoms with Crippen LogP contribution in [0.15, 0.2) is 22.7 Å². The van der Waals surface area contributed by atoms with Gasteiger partial charge in [0.25, 0.3) is 5.91 Å². The van der Waals surface area contributed by atoms with Crippen LogP contribution in [0.3, 0.4) is 0 Å². The van der Waals surface area contributed by atoms with Gasteiger partial charge in [-0.25, -0.2) is 0 Å². The molecule has 0 aromatic heterocycles. The molecule has 0 bridgehead atoms. The Kier molecular flexibility index (Phi) is 6.24. The lowest BCUT2D eigenvalue weighted by Gasteiger charge is -2.26. The number of carbonyl (C=O) groups excluding carboxylic acids is 1. The average molecular weight is 353 g/mol. The van der Waals surface area contributed by atoms with Gasteiger partial charge in [0.15, 0.2) is 0 Å². The van der Waals surface area contributed by atoms with E-state index in [0.717, 1.165) is 48.1 Å². The molecule has 1 fully saturated rings. The van der Waals surface area contributed by atoms with Gasteiger partial charge in [0.2, 0.25) is 0 Å². The molecule has 4 heteroatoms. The first-order valence-corrected chi connectivity index (χ1v) is 8.70. The van der Waals surface area contributed by atoms with Gasteiger partial charge in [-0.15, -0.1) is 0 Å². The quantitative estimate of drug-likeness (QED) is 0.845. The zero-order valence-corrected chi connectivity index (χ0v) is 14.6. The molecular formula is C17H25BrN2O. The minimum absolute atomic E-state index is 0.160. The maximum atomic E-state index is 12.8. The Balaban J connectivity index is 2.09. The van der Waals surface area contributed by atoms with Crippen molar-refractivity contribution in [1.82, 2.24) is 10.2 Å². The van der Waals surface area contributed by atoms with E-state index in [1.165, 1.54) is 12.8 Å². The molecule has 1 amide bonds. The molecular weight excluding hydrogens is 328 g/mol.